The van der Waals surface area contributed by atoms with Crippen molar-refractivity contribution in [2.45, 2.75) is 18.6 Å². The van der Waals surface area contributed by atoms with Gasteiger partial charge < -0.3 is 9.88 Å². The monoisotopic (exact) mass is 292 g/mol. The number of hydrogen-bond donors (Lipinski definition) is 2. The van der Waals surface area contributed by atoms with Gasteiger partial charge in [-0.3, -0.25) is 10.1 Å². The number of aryl methyl sites for hydroxylation is 1. The molecule has 0 unspecified atom stereocenters. The van der Waals surface area contributed by atoms with E-state index < -0.39 is 6.03 Å². The van der Waals surface area contributed by atoms with Crippen LogP contribution in [-0.2, 0) is 11.3 Å². The molecule has 0 bridgehead atoms. The highest BCUT2D eigenvalue weighted by Crippen LogP contribution is 2.23. The second kappa shape index (κ2) is 6.42. The zero-order valence-corrected chi connectivity index (χ0v) is 12.2. The summed E-state index contributed by atoms with van der Waals surface area (Å²) >= 11 is 1.32. The molecule has 0 saturated heterocycles. The maximum atomic E-state index is 11.6. The van der Waals surface area contributed by atoms with Crippen LogP contribution in [0.3, 0.4) is 0 Å². The van der Waals surface area contributed by atoms with E-state index >= 15 is 0 Å². The summed E-state index contributed by atoms with van der Waals surface area (Å²) in [6.07, 6.45) is 0. The molecule has 7 heteroatoms. The van der Waals surface area contributed by atoms with Crippen LogP contribution >= 0.6 is 11.8 Å². The Kier molecular flexibility index (Phi) is 4.62. The average Bonchev–Trinajstić information content (AvgIpc) is 2.82. The van der Waals surface area contributed by atoms with Crippen molar-refractivity contribution in [3.8, 4) is 0 Å². The van der Waals surface area contributed by atoms with Crippen LogP contribution in [0.5, 0.6) is 0 Å². The van der Waals surface area contributed by atoms with Gasteiger partial charge in [0.25, 0.3) is 0 Å². The Morgan fingerprint density at radius 2 is 2.10 bits per heavy atom. The minimum absolute atomic E-state index is 0.150. The van der Waals surface area contributed by atoms with Crippen molar-refractivity contribution in [1.82, 2.24) is 20.2 Å². The second-order valence-electron chi connectivity index (χ2n) is 4.04. The number of thioether (sulfide) groups is 1. The quantitative estimate of drug-likeness (QED) is 0.839. The number of imidazole rings is 1. The van der Waals surface area contributed by atoms with Gasteiger partial charge in [0.15, 0.2) is 5.16 Å². The number of benzene rings is 1. The first-order valence-electron chi connectivity index (χ1n) is 6.25. The van der Waals surface area contributed by atoms with Gasteiger partial charge >= 0.3 is 6.03 Å². The molecule has 0 aliphatic heterocycles. The van der Waals surface area contributed by atoms with E-state index in [1.54, 1.807) is 0 Å². The van der Waals surface area contributed by atoms with Crippen LogP contribution in [0.25, 0.3) is 11.0 Å². The van der Waals surface area contributed by atoms with Gasteiger partial charge in [0.05, 0.1) is 16.8 Å². The number of aromatic nitrogens is 2. The molecule has 1 aromatic carbocycles. The normalized spacial score (nSPS) is 10.5. The fraction of sp³-hybridized carbons (Fsp3) is 0.308. The topological polar surface area (TPSA) is 76.0 Å². The fourth-order valence-electron chi connectivity index (χ4n) is 1.82. The molecule has 0 fully saturated rings. The molecule has 1 heterocycles. The van der Waals surface area contributed by atoms with E-state index in [9.17, 15) is 9.59 Å². The molecular formula is C13H16N4O2S. The highest BCUT2D eigenvalue weighted by atomic mass is 32.2. The molecule has 0 spiro atoms. The molecule has 2 N–H and O–H groups in total. The Bertz CT molecular complexity index is 638. The van der Waals surface area contributed by atoms with Crippen LogP contribution in [0.15, 0.2) is 29.4 Å². The number of nitrogens with zero attached hydrogens (tertiary/aromatic N) is 2. The van der Waals surface area contributed by atoms with Crippen LogP contribution in [0.1, 0.15) is 6.92 Å². The van der Waals surface area contributed by atoms with Gasteiger partial charge in [0.1, 0.15) is 0 Å². The Morgan fingerprint density at radius 3 is 2.80 bits per heavy atom. The molecule has 2 aromatic rings. The standard InChI is InChI=1S/C13H16N4O2S/c1-3-17-10-7-5-4-6-9(10)15-13(17)20-8-11(18)16-12(19)14-2/h4-7H,3,8H2,1-2H3,(H2,14,16,18,19). The first kappa shape index (κ1) is 14.4. The lowest BCUT2D eigenvalue weighted by Gasteiger charge is -2.05. The van der Waals surface area contributed by atoms with Crippen LogP contribution in [0.4, 0.5) is 4.79 Å². The van der Waals surface area contributed by atoms with Crippen molar-refractivity contribution in [3.05, 3.63) is 24.3 Å². The number of para-hydroxylation sites is 2. The third-order valence-electron chi connectivity index (χ3n) is 2.75. The molecule has 3 amide bonds. The van der Waals surface area contributed by atoms with Crippen molar-refractivity contribution < 1.29 is 9.59 Å². The van der Waals surface area contributed by atoms with Crippen molar-refractivity contribution in [2.24, 2.45) is 0 Å². The molecular weight excluding hydrogens is 276 g/mol. The molecule has 6 nitrogen and oxygen atoms in total. The first-order valence-corrected chi connectivity index (χ1v) is 7.24. The molecule has 0 saturated carbocycles. The number of amides is 3. The molecule has 0 aliphatic rings. The van der Waals surface area contributed by atoms with Gasteiger partial charge in [-0.05, 0) is 19.1 Å². The number of urea groups is 1. The molecule has 2 rings (SSSR count). The average molecular weight is 292 g/mol. The van der Waals surface area contributed by atoms with E-state index in [1.807, 2.05) is 35.8 Å². The summed E-state index contributed by atoms with van der Waals surface area (Å²) in [5.74, 6) is -0.194. The van der Waals surface area contributed by atoms with Gasteiger partial charge in [-0.25, -0.2) is 9.78 Å². The molecule has 0 aliphatic carbocycles. The lowest BCUT2D eigenvalue weighted by molar-refractivity contribution is -0.117. The van der Waals surface area contributed by atoms with Gasteiger partial charge in [0.2, 0.25) is 5.91 Å². The number of rotatable bonds is 4. The van der Waals surface area contributed by atoms with E-state index in [0.29, 0.717) is 0 Å². The van der Waals surface area contributed by atoms with Gasteiger partial charge in [-0.2, -0.15) is 0 Å². The van der Waals surface area contributed by atoms with Gasteiger partial charge in [-0.15, -0.1) is 0 Å². The van der Waals surface area contributed by atoms with Crippen molar-refractivity contribution in [3.63, 3.8) is 0 Å². The largest absolute Gasteiger partial charge is 0.341 e. The first-order chi connectivity index (χ1) is 9.65. The zero-order valence-electron chi connectivity index (χ0n) is 11.3. The highest BCUT2D eigenvalue weighted by molar-refractivity contribution is 7.99. The summed E-state index contributed by atoms with van der Waals surface area (Å²) in [4.78, 5) is 27.1. The minimum atomic E-state index is -0.500. The third-order valence-corrected chi connectivity index (χ3v) is 3.72. The van der Waals surface area contributed by atoms with Crippen LogP contribution in [0, 0.1) is 0 Å². The predicted molar refractivity (Wildman–Crippen MR) is 78.7 cm³/mol. The zero-order chi connectivity index (χ0) is 14.5. The van der Waals surface area contributed by atoms with Crippen LogP contribution < -0.4 is 10.6 Å². The van der Waals surface area contributed by atoms with Crippen LogP contribution in [-0.4, -0.2) is 34.3 Å². The van der Waals surface area contributed by atoms with E-state index in [0.717, 1.165) is 22.7 Å². The Balaban J connectivity index is 2.10. The van der Waals surface area contributed by atoms with Gasteiger partial charge in [-0.1, -0.05) is 23.9 Å². The molecule has 1 aromatic heterocycles. The lowest BCUT2D eigenvalue weighted by atomic mass is 10.3. The minimum Gasteiger partial charge on any atom is -0.341 e. The summed E-state index contributed by atoms with van der Waals surface area (Å²) in [6, 6.07) is 7.33. The lowest BCUT2D eigenvalue weighted by Crippen LogP contribution is -2.38. The number of fused-ring (bicyclic) bond motifs is 1. The van der Waals surface area contributed by atoms with Crippen molar-refractivity contribution in [2.75, 3.05) is 12.8 Å². The summed E-state index contributed by atoms with van der Waals surface area (Å²) < 4.78 is 2.05. The highest BCUT2D eigenvalue weighted by Gasteiger charge is 2.12. The summed E-state index contributed by atoms with van der Waals surface area (Å²) in [7, 11) is 1.46. The number of hydrogen-bond acceptors (Lipinski definition) is 4. The Hall–Kier alpha value is -2.02. The molecule has 0 radical (unpaired) electrons. The Labute approximate surface area is 120 Å². The summed E-state index contributed by atoms with van der Waals surface area (Å²) in [5, 5.41) is 5.34. The fourth-order valence-corrected chi connectivity index (χ4v) is 2.70. The molecule has 0 atom stereocenters. The summed E-state index contributed by atoms with van der Waals surface area (Å²) in [5.41, 5.74) is 1.95. The Morgan fingerprint density at radius 1 is 1.35 bits per heavy atom. The van der Waals surface area contributed by atoms with E-state index in [-0.39, 0.29) is 11.7 Å². The number of imide groups is 1. The second-order valence-corrected chi connectivity index (χ2v) is 4.99. The van der Waals surface area contributed by atoms with E-state index in [1.165, 1.54) is 18.8 Å². The number of carbonyl (C=O) groups excluding carboxylic acids is 2. The van der Waals surface area contributed by atoms with Crippen molar-refractivity contribution >= 4 is 34.7 Å². The maximum Gasteiger partial charge on any atom is 0.321 e. The van der Waals surface area contributed by atoms with E-state index in [4.69, 9.17) is 0 Å². The number of carbonyl (C=O) groups is 2. The molecule has 20 heavy (non-hydrogen) atoms. The van der Waals surface area contributed by atoms with Crippen LogP contribution in [0.2, 0.25) is 0 Å². The maximum absolute atomic E-state index is 11.6. The predicted octanol–water partition coefficient (Wildman–Crippen LogP) is 1.60. The third kappa shape index (κ3) is 3.11. The van der Waals surface area contributed by atoms with Crippen molar-refractivity contribution in [1.29, 1.82) is 0 Å². The number of nitrogens with one attached hydrogen (secondary N) is 2. The summed E-state index contributed by atoms with van der Waals surface area (Å²) in [6.45, 7) is 2.81. The van der Waals surface area contributed by atoms with Gasteiger partial charge in [0, 0.05) is 13.6 Å². The SMILES string of the molecule is CCn1c(SCC(=O)NC(=O)NC)nc2ccccc21. The van der Waals surface area contributed by atoms with E-state index in [2.05, 4.69) is 15.6 Å². The molecule has 106 valence electrons. The smallest absolute Gasteiger partial charge is 0.321 e.